The van der Waals surface area contributed by atoms with Crippen molar-refractivity contribution in [2.45, 2.75) is 0 Å². The molecule has 0 unspecified atom stereocenters. The summed E-state index contributed by atoms with van der Waals surface area (Å²) in [6, 6.07) is 2.40. The summed E-state index contributed by atoms with van der Waals surface area (Å²) in [6.07, 6.45) is 1.11. The van der Waals surface area contributed by atoms with E-state index in [1.165, 1.54) is 0 Å². The second kappa shape index (κ2) is 4.81. The summed E-state index contributed by atoms with van der Waals surface area (Å²) in [4.78, 5) is 24.9. The number of aromatic nitrogens is 1. The molecule has 4 nitrogen and oxygen atoms in total. The molecule has 0 spiro atoms. The Balaban J connectivity index is 2.43. The van der Waals surface area contributed by atoms with Gasteiger partial charge in [0.05, 0.1) is 10.6 Å². The number of carbonyl (C=O) groups is 2. The predicted molar refractivity (Wildman–Crippen MR) is 62.6 cm³/mol. The molecule has 2 N–H and O–H groups in total. The molecule has 0 aliphatic heterocycles. The smallest absolute Gasteiger partial charge is 0.352 e. The van der Waals surface area contributed by atoms with Crippen molar-refractivity contribution in [2.24, 2.45) is 0 Å². The Hall–Kier alpha value is -2.21. The van der Waals surface area contributed by atoms with Crippen LogP contribution in [0.25, 0.3) is 0 Å². The van der Waals surface area contributed by atoms with Crippen LogP contribution < -0.4 is 0 Å². The Morgan fingerprint density at radius 2 is 1.84 bits per heavy atom. The van der Waals surface area contributed by atoms with Gasteiger partial charge in [-0.3, -0.25) is 4.79 Å². The van der Waals surface area contributed by atoms with Gasteiger partial charge in [-0.25, -0.2) is 13.6 Å². The fourth-order valence-corrected chi connectivity index (χ4v) is 1.65. The first-order valence-corrected chi connectivity index (χ1v) is 5.39. The fourth-order valence-electron chi connectivity index (χ4n) is 1.50. The molecule has 1 aromatic heterocycles. The molecule has 98 valence electrons. The van der Waals surface area contributed by atoms with Crippen LogP contribution in [0.1, 0.15) is 26.4 Å². The lowest BCUT2D eigenvalue weighted by molar-refractivity contribution is 0.0691. The van der Waals surface area contributed by atoms with Crippen LogP contribution in [-0.4, -0.2) is 21.8 Å². The maximum atomic E-state index is 13.5. The topological polar surface area (TPSA) is 70.2 Å². The quantitative estimate of drug-likeness (QED) is 0.673. The number of halogens is 3. The van der Waals surface area contributed by atoms with E-state index >= 15 is 0 Å². The van der Waals surface area contributed by atoms with Crippen molar-refractivity contribution in [2.75, 3.05) is 0 Å². The van der Waals surface area contributed by atoms with Crippen LogP contribution in [0.4, 0.5) is 8.78 Å². The fraction of sp³-hybridized carbons (Fsp3) is 0. The molecule has 2 rings (SSSR count). The van der Waals surface area contributed by atoms with E-state index in [1.807, 2.05) is 0 Å². The largest absolute Gasteiger partial charge is 0.477 e. The Bertz CT molecular complexity index is 682. The molecule has 0 aliphatic carbocycles. The molecule has 7 heteroatoms. The lowest BCUT2D eigenvalue weighted by atomic mass is 10.1. The summed E-state index contributed by atoms with van der Waals surface area (Å²) >= 11 is 5.37. The van der Waals surface area contributed by atoms with E-state index in [1.54, 1.807) is 0 Å². The average Bonchev–Trinajstić information content (AvgIpc) is 2.82. The number of nitrogens with one attached hydrogen (secondary N) is 1. The van der Waals surface area contributed by atoms with Gasteiger partial charge in [0.1, 0.15) is 17.3 Å². The zero-order valence-corrected chi connectivity index (χ0v) is 9.96. The number of hydrogen-bond acceptors (Lipinski definition) is 2. The van der Waals surface area contributed by atoms with Gasteiger partial charge in [-0.2, -0.15) is 0 Å². The van der Waals surface area contributed by atoms with Crippen LogP contribution in [0.3, 0.4) is 0 Å². The highest BCUT2D eigenvalue weighted by atomic mass is 35.5. The third-order valence-corrected chi connectivity index (χ3v) is 2.72. The molecule has 0 fully saturated rings. The van der Waals surface area contributed by atoms with Crippen LogP contribution in [0.15, 0.2) is 24.4 Å². The second-order valence-corrected chi connectivity index (χ2v) is 4.09. The molecule has 0 atom stereocenters. The second-order valence-electron chi connectivity index (χ2n) is 3.68. The minimum atomic E-state index is -1.26. The molecule has 0 saturated heterocycles. The maximum absolute atomic E-state index is 13.5. The monoisotopic (exact) mass is 285 g/mol. The number of benzene rings is 1. The van der Waals surface area contributed by atoms with Gasteiger partial charge in [0.15, 0.2) is 5.78 Å². The van der Waals surface area contributed by atoms with Crippen molar-refractivity contribution in [3.8, 4) is 0 Å². The standard InChI is InChI=1S/C12H6ClF2NO3/c13-7-3-8(14)6(2-9(7)15)11(17)5-1-10(12(18)19)16-4-5/h1-4,16H,(H,18,19). The Labute approximate surface area is 110 Å². The van der Waals surface area contributed by atoms with Gasteiger partial charge in [-0.1, -0.05) is 11.6 Å². The molecule has 0 saturated carbocycles. The Morgan fingerprint density at radius 3 is 2.42 bits per heavy atom. The van der Waals surface area contributed by atoms with Gasteiger partial charge in [-0.15, -0.1) is 0 Å². The normalized spacial score (nSPS) is 10.5. The molecular formula is C12H6ClF2NO3. The van der Waals surface area contributed by atoms with Crippen LogP contribution in [-0.2, 0) is 0 Å². The van der Waals surface area contributed by atoms with Gasteiger partial charge in [0.25, 0.3) is 0 Å². The molecule has 0 amide bonds. The van der Waals surface area contributed by atoms with Crippen molar-refractivity contribution in [1.29, 1.82) is 0 Å². The number of rotatable bonds is 3. The third-order valence-electron chi connectivity index (χ3n) is 2.43. The van der Waals surface area contributed by atoms with Gasteiger partial charge in [-0.05, 0) is 18.2 Å². The zero-order valence-electron chi connectivity index (χ0n) is 9.21. The van der Waals surface area contributed by atoms with Crippen LogP contribution in [0, 0.1) is 11.6 Å². The third kappa shape index (κ3) is 2.48. The summed E-state index contributed by atoms with van der Waals surface area (Å²) in [5.41, 5.74) is -0.825. The summed E-state index contributed by atoms with van der Waals surface area (Å²) in [7, 11) is 0. The molecular weight excluding hydrogens is 280 g/mol. The number of aromatic amines is 1. The molecule has 1 aromatic carbocycles. The molecule has 19 heavy (non-hydrogen) atoms. The van der Waals surface area contributed by atoms with Crippen LogP contribution in [0.2, 0.25) is 5.02 Å². The Kier molecular flexibility index (Phi) is 3.35. The van der Waals surface area contributed by atoms with Crippen molar-refractivity contribution < 1.29 is 23.5 Å². The lowest BCUT2D eigenvalue weighted by Gasteiger charge is -2.02. The van der Waals surface area contributed by atoms with E-state index in [0.717, 1.165) is 12.3 Å². The lowest BCUT2D eigenvalue weighted by Crippen LogP contribution is -2.04. The van der Waals surface area contributed by atoms with E-state index in [4.69, 9.17) is 16.7 Å². The van der Waals surface area contributed by atoms with Crippen LogP contribution >= 0.6 is 11.6 Å². The van der Waals surface area contributed by atoms with Crippen molar-refractivity contribution >= 4 is 23.4 Å². The van der Waals surface area contributed by atoms with Gasteiger partial charge < -0.3 is 10.1 Å². The number of ketones is 1. The number of H-pyrrole nitrogens is 1. The minimum Gasteiger partial charge on any atom is -0.477 e. The predicted octanol–water partition coefficient (Wildman–Crippen LogP) is 2.88. The molecule has 0 aliphatic rings. The van der Waals surface area contributed by atoms with E-state index < -0.39 is 34.0 Å². The average molecular weight is 286 g/mol. The zero-order chi connectivity index (χ0) is 14.2. The number of aromatic carboxylic acids is 1. The number of carboxylic acids is 1. The Morgan fingerprint density at radius 1 is 1.16 bits per heavy atom. The summed E-state index contributed by atoms with van der Waals surface area (Å²) in [6.45, 7) is 0. The van der Waals surface area contributed by atoms with Gasteiger partial charge >= 0.3 is 5.97 Å². The van der Waals surface area contributed by atoms with Crippen molar-refractivity contribution in [1.82, 2.24) is 4.98 Å². The SMILES string of the molecule is O=C(O)c1cc(C(=O)c2cc(F)c(Cl)cc2F)c[nH]1. The summed E-state index contributed by atoms with van der Waals surface area (Å²) in [5.74, 6) is -4.01. The molecule has 2 aromatic rings. The van der Waals surface area contributed by atoms with Crippen molar-refractivity contribution in [3.05, 3.63) is 57.9 Å². The molecule has 0 radical (unpaired) electrons. The van der Waals surface area contributed by atoms with E-state index in [9.17, 15) is 18.4 Å². The molecule has 0 bridgehead atoms. The first-order valence-electron chi connectivity index (χ1n) is 5.01. The van der Waals surface area contributed by atoms with E-state index in [2.05, 4.69) is 4.98 Å². The number of carboxylic acid groups (broad SMARTS) is 1. The van der Waals surface area contributed by atoms with Gasteiger partial charge in [0, 0.05) is 11.8 Å². The highest BCUT2D eigenvalue weighted by Crippen LogP contribution is 2.21. The molecule has 1 heterocycles. The first-order chi connectivity index (χ1) is 8.90. The highest BCUT2D eigenvalue weighted by Gasteiger charge is 2.19. The number of hydrogen-bond donors (Lipinski definition) is 2. The highest BCUT2D eigenvalue weighted by molar-refractivity contribution is 6.30. The van der Waals surface area contributed by atoms with Crippen molar-refractivity contribution in [3.63, 3.8) is 0 Å². The van der Waals surface area contributed by atoms with E-state index in [0.29, 0.717) is 12.1 Å². The summed E-state index contributed by atoms with van der Waals surface area (Å²) in [5, 5.41) is 8.26. The van der Waals surface area contributed by atoms with Gasteiger partial charge in [0.2, 0.25) is 0 Å². The summed E-state index contributed by atoms with van der Waals surface area (Å²) < 4.78 is 26.7. The van der Waals surface area contributed by atoms with E-state index in [-0.39, 0.29) is 11.3 Å². The minimum absolute atomic E-state index is 0.0852. The van der Waals surface area contributed by atoms with Crippen LogP contribution in [0.5, 0.6) is 0 Å². The maximum Gasteiger partial charge on any atom is 0.352 e. The first kappa shape index (κ1) is 13.2. The number of carbonyl (C=O) groups excluding carboxylic acids is 1.